The lowest BCUT2D eigenvalue weighted by molar-refractivity contribution is -0.192. The first-order valence-electron chi connectivity index (χ1n) is 12.8. The fourth-order valence-corrected chi connectivity index (χ4v) is 6.30. The quantitative estimate of drug-likeness (QED) is 0.179. The molecule has 1 aromatic heterocycles. The first-order valence-corrected chi connectivity index (χ1v) is 15.1. The number of aryl methyl sites for hydroxylation is 4. The van der Waals surface area contributed by atoms with Gasteiger partial charge >= 0.3 is 18.1 Å². The summed E-state index contributed by atoms with van der Waals surface area (Å²) in [7, 11) is -4.14. The van der Waals surface area contributed by atoms with E-state index in [0.717, 1.165) is 55.3 Å². The van der Waals surface area contributed by atoms with E-state index in [2.05, 4.69) is 35.9 Å². The molecule has 1 unspecified atom stereocenters. The number of carbonyl (C=O) groups excluding carboxylic acids is 1. The number of benzene rings is 1. The van der Waals surface area contributed by atoms with E-state index in [-0.39, 0.29) is 9.90 Å². The number of aliphatic imine (C=N–C) groups is 1. The second kappa shape index (κ2) is 15.6. The average molecular weight is 652 g/mol. The molecule has 0 radical (unpaired) electrons. The lowest BCUT2D eigenvalue weighted by Crippen LogP contribution is -2.48. The van der Waals surface area contributed by atoms with E-state index in [1.54, 1.807) is 26.0 Å². The number of rotatable bonds is 12. The number of halogens is 3. The Balaban J connectivity index is 0.000000821. The molecule has 1 aromatic carbocycles. The molecule has 1 aliphatic heterocycles. The van der Waals surface area contributed by atoms with Crippen LogP contribution in [-0.4, -0.2) is 91.0 Å². The number of guanidine groups is 1. The van der Waals surface area contributed by atoms with Crippen molar-refractivity contribution in [1.29, 1.82) is 0 Å². The Labute approximate surface area is 249 Å². The van der Waals surface area contributed by atoms with E-state index in [4.69, 9.17) is 9.90 Å². The zero-order valence-electron chi connectivity index (χ0n) is 23.4. The van der Waals surface area contributed by atoms with Gasteiger partial charge in [-0.1, -0.05) is 29.0 Å². The van der Waals surface area contributed by atoms with Gasteiger partial charge in [0, 0.05) is 26.1 Å². The van der Waals surface area contributed by atoms with Crippen LogP contribution in [0.2, 0.25) is 0 Å². The maximum atomic E-state index is 12.9. The van der Waals surface area contributed by atoms with E-state index in [1.807, 2.05) is 6.92 Å². The molecule has 0 fully saturated rings. The van der Waals surface area contributed by atoms with Crippen LogP contribution in [0.15, 0.2) is 22.0 Å². The minimum Gasteiger partial charge on any atom is -0.480 e. The molecule has 14 nitrogen and oxygen atoms in total. The third-order valence-corrected chi connectivity index (χ3v) is 8.38. The van der Waals surface area contributed by atoms with Crippen LogP contribution < -0.4 is 20.7 Å². The van der Waals surface area contributed by atoms with Crippen molar-refractivity contribution >= 4 is 45.2 Å². The number of hydrogen-bond donors (Lipinski definition) is 6. The van der Waals surface area contributed by atoms with Crippen LogP contribution in [0.1, 0.15) is 44.3 Å². The Morgan fingerprint density at radius 2 is 1.72 bits per heavy atom. The van der Waals surface area contributed by atoms with Gasteiger partial charge in [0.25, 0.3) is 5.91 Å². The lowest BCUT2D eigenvalue weighted by atomic mass is 10.1. The van der Waals surface area contributed by atoms with Gasteiger partial charge < -0.3 is 26.2 Å². The molecule has 2 heterocycles. The third-order valence-electron chi connectivity index (χ3n) is 5.62. The molecule has 0 saturated carbocycles. The number of alkyl halides is 3. The first kappa shape index (κ1) is 35.4. The summed E-state index contributed by atoms with van der Waals surface area (Å²) in [6.07, 6.45) is -2.70. The van der Waals surface area contributed by atoms with Crippen molar-refractivity contribution in [3.63, 3.8) is 0 Å². The van der Waals surface area contributed by atoms with Crippen molar-refractivity contribution in [2.24, 2.45) is 4.99 Å². The number of aliphatic carboxylic acids is 2. The number of amides is 1. The van der Waals surface area contributed by atoms with Crippen LogP contribution >= 0.6 is 11.3 Å². The molecule has 43 heavy (non-hydrogen) atoms. The molecule has 6 N–H and O–H groups in total. The summed E-state index contributed by atoms with van der Waals surface area (Å²) in [5.74, 6) is -3.96. The van der Waals surface area contributed by atoms with Gasteiger partial charge in [0.05, 0.1) is 11.4 Å². The highest BCUT2D eigenvalue weighted by Gasteiger charge is 2.38. The summed E-state index contributed by atoms with van der Waals surface area (Å²) in [4.78, 5) is 37.4. The summed E-state index contributed by atoms with van der Waals surface area (Å²) in [6.45, 7) is 7.10. The number of carbonyl (C=O) groups is 3. The van der Waals surface area contributed by atoms with E-state index in [0.29, 0.717) is 22.6 Å². The fourth-order valence-electron chi connectivity index (χ4n) is 3.86. The average Bonchev–Trinajstić information content (AvgIpc) is 3.57. The number of sulfonamides is 1. The molecule has 1 aliphatic rings. The molecular weight excluding hydrogens is 619 g/mol. The third kappa shape index (κ3) is 11.4. The number of unbranched alkanes of at least 4 members (excludes halogenated alkanes) is 1. The monoisotopic (exact) mass is 651 g/mol. The van der Waals surface area contributed by atoms with E-state index >= 15 is 0 Å². The Bertz CT molecular complexity index is 1420. The second-order valence-electron chi connectivity index (χ2n) is 9.29. The molecule has 1 atom stereocenters. The first-order chi connectivity index (χ1) is 20.0. The summed E-state index contributed by atoms with van der Waals surface area (Å²) in [6, 6.07) is 1.87. The molecule has 238 valence electrons. The Morgan fingerprint density at radius 3 is 2.26 bits per heavy atom. The van der Waals surface area contributed by atoms with Gasteiger partial charge in [-0.3, -0.25) is 14.6 Å². The molecule has 3 rings (SSSR count). The number of nitrogens with zero attached hydrogens (tertiary/aromatic N) is 3. The molecule has 0 spiro atoms. The highest BCUT2D eigenvalue weighted by molar-refractivity contribution is 7.89. The van der Waals surface area contributed by atoms with Crippen molar-refractivity contribution in [3.8, 4) is 0 Å². The predicted molar refractivity (Wildman–Crippen MR) is 150 cm³/mol. The summed E-state index contributed by atoms with van der Waals surface area (Å²) in [5.41, 5.74) is 1.92. The normalized spacial score (nSPS) is 13.7. The van der Waals surface area contributed by atoms with Crippen LogP contribution in [-0.2, 0) is 26.0 Å². The highest BCUT2D eigenvalue weighted by atomic mass is 32.2. The summed E-state index contributed by atoms with van der Waals surface area (Å²) >= 11 is 1.12. The number of carboxylic acids is 2. The minimum absolute atomic E-state index is 0.0298. The molecule has 0 saturated heterocycles. The number of hydrogen-bond acceptors (Lipinski definition) is 11. The number of carboxylic acid groups (broad SMARTS) is 2. The summed E-state index contributed by atoms with van der Waals surface area (Å²) < 4.78 is 59.8. The standard InChI is InChI=1S/C22H31N7O5S2.C2HF3O2/c1-13-10-14(2)18(15(3)11-13)36(33,34)29-16(21(31)32)12-26-19(30)20-28-27-17(35-20)6-4-5-7-23-22-24-8-9-25-22;3-2(4,5)1(6)7/h10-11,16,29H,4-9,12H2,1-3H3,(H,26,30)(H,31,32)(H2,23,24,25);(H,6,7). The van der Waals surface area contributed by atoms with Gasteiger partial charge in [-0.25, -0.2) is 13.2 Å². The van der Waals surface area contributed by atoms with Crippen molar-refractivity contribution in [2.45, 2.75) is 57.1 Å². The van der Waals surface area contributed by atoms with Crippen LogP contribution in [0.4, 0.5) is 13.2 Å². The van der Waals surface area contributed by atoms with Crippen LogP contribution in [0, 0.1) is 20.8 Å². The van der Waals surface area contributed by atoms with Crippen molar-refractivity contribution in [3.05, 3.63) is 38.8 Å². The van der Waals surface area contributed by atoms with Gasteiger partial charge in [0.1, 0.15) is 11.0 Å². The van der Waals surface area contributed by atoms with Crippen molar-refractivity contribution < 1.29 is 46.2 Å². The zero-order valence-corrected chi connectivity index (χ0v) is 25.0. The molecular formula is C24H32F3N7O7S2. The Kier molecular flexibility index (Phi) is 12.8. The van der Waals surface area contributed by atoms with Gasteiger partial charge in [-0.2, -0.15) is 17.9 Å². The van der Waals surface area contributed by atoms with E-state index in [1.165, 1.54) is 0 Å². The smallest absolute Gasteiger partial charge is 0.480 e. The van der Waals surface area contributed by atoms with E-state index in [9.17, 15) is 36.3 Å². The molecule has 2 aromatic rings. The van der Waals surface area contributed by atoms with Crippen LogP contribution in [0.3, 0.4) is 0 Å². The van der Waals surface area contributed by atoms with Gasteiger partial charge in [0.15, 0.2) is 5.96 Å². The van der Waals surface area contributed by atoms with Gasteiger partial charge in [0.2, 0.25) is 15.0 Å². The van der Waals surface area contributed by atoms with Crippen LogP contribution in [0.5, 0.6) is 0 Å². The Morgan fingerprint density at radius 1 is 1.09 bits per heavy atom. The maximum absolute atomic E-state index is 12.9. The van der Waals surface area contributed by atoms with Crippen molar-refractivity contribution in [1.82, 2.24) is 30.9 Å². The lowest BCUT2D eigenvalue weighted by Gasteiger charge is -2.18. The largest absolute Gasteiger partial charge is 0.490 e. The highest BCUT2D eigenvalue weighted by Crippen LogP contribution is 2.22. The predicted octanol–water partition coefficient (Wildman–Crippen LogP) is 1.13. The molecule has 1 amide bonds. The van der Waals surface area contributed by atoms with Gasteiger partial charge in [-0.05, 0) is 44.7 Å². The SMILES string of the molecule is Cc1cc(C)c(S(=O)(=O)NC(CNC(=O)c2nnc(CCCCNC3=NCCN3)s2)C(=O)O)c(C)c1.O=C(O)C(F)(F)F. The van der Waals surface area contributed by atoms with E-state index < -0.39 is 46.6 Å². The molecule has 19 heteroatoms. The second-order valence-corrected chi connectivity index (χ2v) is 12.0. The zero-order chi connectivity index (χ0) is 32.4. The topological polar surface area (TPSA) is 212 Å². The molecule has 0 bridgehead atoms. The van der Waals surface area contributed by atoms with Crippen LogP contribution in [0.25, 0.3) is 0 Å². The maximum Gasteiger partial charge on any atom is 0.490 e. The van der Waals surface area contributed by atoms with Gasteiger partial charge in [-0.15, -0.1) is 10.2 Å². The Hall–Kier alpha value is -3.84. The van der Waals surface area contributed by atoms with Crippen molar-refractivity contribution in [2.75, 3.05) is 26.2 Å². The number of nitrogens with one attached hydrogen (secondary N) is 4. The number of aromatic nitrogens is 2. The minimum atomic E-state index is -5.08. The fraction of sp³-hybridized carbons (Fsp3) is 0.500. The summed E-state index contributed by atoms with van der Waals surface area (Å²) in [5, 5.41) is 34.1. The molecule has 0 aliphatic carbocycles.